The molecule has 0 unspecified atom stereocenters. The topological polar surface area (TPSA) is 33.4 Å². The maximum absolute atomic E-state index is 8.72. The van der Waals surface area contributed by atoms with Crippen molar-refractivity contribution in [3.63, 3.8) is 0 Å². The van der Waals surface area contributed by atoms with Crippen molar-refractivity contribution in [3.8, 4) is 0 Å². The van der Waals surface area contributed by atoms with E-state index in [0.29, 0.717) is 5.92 Å². The molecule has 1 aromatic heterocycles. The van der Waals surface area contributed by atoms with Gasteiger partial charge in [-0.1, -0.05) is 6.92 Å². The Balaban J connectivity index is 2.56. The van der Waals surface area contributed by atoms with Crippen LogP contribution in [0.3, 0.4) is 0 Å². The summed E-state index contributed by atoms with van der Waals surface area (Å²) in [6.07, 6.45) is 3.49. The van der Waals surface area contributed by atoms with Gasteiger partial charge in [0.25, 0.3) is 0 Å². The van der Waals surface area contributed by atoms with Crippen LogP contribution in [0.1, 0.15) is 31.4 Å². The van der Waals surface area contributed by atoms with E-state index in [9.17, 15) is 0 Å². The zero-order valence-corrected chi connectivity index (χ0v) is 6.79. The third-order valence-electron chi connectivity index (χ3n) is 1.92. The van der Waals surface area contributed by atoms with E-state index in [1.54, 1.807) is 6.26 Å². The molecular weight excluding hydrogens is 140 g/mol. The zero-order chi connectivity index (χ0) is 8.10. The Morgan fingerprint density at radius 3 is 2.91 bits per heavy atom. The molecule has 0 radical (unpaired) electrons. The highest BCUT2D eigenvalue weighted by molar-refractivity contribution is 5.04. The van der Waals surface area contributed by atoms with Crippen molar-refractivity contribution in [1.82, 2.24) is 0 Å². The molecule has 2 nitrogen and oxygen atoms in total. The van der Waals surface area contributed by atoms with E-state index in [-0.39, 0.29) is 6.61 Å². The number of aliphatic hydroxyl groups excluding tert-OH is 1. The molecule has 0 aliphatic rings. The summed E-state index contributed by atoms with van der Waals surface area (Å²) >= 11 is 0. The number of furan rings is 1. The minimum Gasteiger partial charge on any atom is -0.469 e. The molecule has 0 saturated carbocycles. The number of rotatable bonds is 4. The maximum Gasteiger partial charge on any atom is 0.106 e. The first-order chi connectivity index (χ1) is 5.38. The van der Waals surface area contributed by atoms with Crippen LogP contribution in [0.5, 0.6) is 0 Å². The Bertz CT molecular complexity index is 179. The quantitative estimate of drug-likeness (QED) is 0.720. The summed E-state index contributed by atoms with van der Waals surface area (Å²) in [5.41, 5.74) is 0. The summed E-state index contributed by atoms with van der Waals surface area (Å²) in [4.78, 5) is 0. The lowest BCUT2D eigenvalue weighted by Gasteiger charge is -2.08. The molecule has 1 atom stereocenters. The fraction of sp³-hybridized carbons (Fsp3) is 0.556. The van der Waals surface area contributed by atoms with Crippen molar-refractivity contribution in [2.45, 2.75) is 25.7 Å². The van der Waals surface area contributed by atoms with Crippen LogP contribution >= 0.6 is 0 Å². The Hall–Kier alpha value is -0.760. The average Bonchev–Trinajstić information content (AvgIpc) is 2.52. The van der Waals surface area contributed by atoms with Crippen LogP contribution < -0.4 is 0 Å². The molecule has 0 spiro atoms. The first kappa shape index (κ1) is 8.34. The van der Waals surface area contributed by atoms with E-state index in [4.69, 9.17) is 9.52 Å². The molecule has 2 heteroatoms. The first-order valence-electron chi connectivity index (χ1n) is 4.02. The molecular formula is C9H14O2. The molecule has 0 aliphatic carbocycles. The van der Waals surface area contributed by atoms with Crippen molar-refractivity contribution in [1.29, 1.82) is 0 Å². The minimum atomic E-state index is 0.235. The van der Waals surface area contributed by atoms with Crippen LogP contribution in [0, 0.1) is 0 Å². The maximum atomic E-state index is 8.72. The summed E-state index contributed by atoms with van der Waals surface area (Å²) in [5, 5.41) is 8.72. The summed E-state index contributed by atoms with van der Waals surface area (Å²) in [7, 11) is 0. The number of aliphatic hydroxyl groups is 1. The van der Waals surface area contributed by atoms with Gasteiger partial charge in [0.2, 0.25) is 0 Å². The van der Waals surface area contributed by atoms with Gasteiger partial charge in [-0.15, -0.1) is 0 Å². The predicted molar refractivity (Wildman–Crippen MR) is 43.4 cm³/mol. The third kappa shape index (κ3) is 2.09. The van der Waals surface area contributed by atoms with E-state index in [0.717, 1.165) is 18.6 Å². The number of hydrogen-bond acceptors (Lipinski definition) is 2. The fourth-order valence-electron chi connectivity index (χ4n) is 1.23. The Morgan fingerprint density at radius 2 is 2.45 bits per heavy atom. The monoisotopic (exact) mass is 154 g/mol. The molecule has 0 fully saturated rings. The molecule has 1 heterocycles. The van der Waals surface area contributed by atoms with Gasteiger partial charge in [-0.25, -0.2) is 0 Å². The van der Waals surface area contributed by atoms with Crippen LogP contribution in [0.15, 0.2) is 22.8 Å². The molecule has 1 N–H and O–H groups in total. The molecule has 0 saturated heterocycles. The van der Waals surface area contributed by atoms with E-state index < -0.39 is 0 Å². The highest BCUT2D eigenvalue weighted by atomic mass is 16.3. The van der Waals surface area contributed by atoms with Crippen molar-refractivity contribution < 1.29 is 9.52 Å². The molecule has 62 valence electrons. The second-order valence-electron chi connectivity index (χ2n) is 2.63. The van der Waals surface area contributed by atoms with Crippen LogP contribution in [-0.4, -0.2) is 11.7 Å². The Labute approximate surface area is 66.8 Å². The molecule has 1 rings (SSSR count). The highest BCUT2D eigenvalue weighted by Gasteiger charge is 2.10. The lowest BCUT2D eigenvalue weighted by Crippen LogP contribution is -1.98. The Kier molecular flexibility index (Phi) is 3.17. The van der Waals surface area contributed by atoms with Gasteiger partial charge in [0.05, 0.1) is 6.26 Å². The molecule has 0 aromatic carbocycles. The summed E-state index contributed by atoms with van der Waals surface area (Å²) in [6, 6.07) is 3.85. The van der Waals surface area contributed by atoms with Crippen molar-refractivity contribution in [2.24, 2.45) is 0 Å². The van der Waals surface area contributed by atoms with Gasteiger partial charge in [0.1, 0.15) is 5.76 Å². The van der Waals surface area contributed by atoms with Crippen molar-refractivity contribution in [2.75, 3.05) is 6.61 Å². The van der Waals surface area contributed by atoms with Gasteiger partial charge in [-0.05, 0) is 25.0 Å². The molecule has 0 bridgehead atoms. The van der Waals surface area contributed by atoms with Gasteiger partial charge in [0, 0.05) is 12.5 Å². The van der Waals surface area contributed by atoms with E-state index >= 15 is 0 Å². The third-order valence-corrected chi connectivity index (χ3v) is 1.92. The molecule has 1 aromatic rings. The van der Waals surface area contributed by atoms with E-state index in [1.807, 2.05) is 12.1 Å². The average molecular weight is 154 g/mol. The van der Waals surface area contributed by atoms with Gasteiger partial charge >= 0.3 is 0 Å². The van der Waals surface area contributed by atoms with Crippen LogP contribution in [-0.2, 0) is 0 Å². The molecule has 0 aliphatic heterocycles. The second kappa shape index (κ2) is 4.19. The van der Waals surface area contributed by atoms with E-state index in [1.165, 1.54) is 0 Å². The Morgan fingerprint density at radius 1 is 1.64 bits per heavy atom. The fourth-order valence-corrected chi connectivity index (χ4v) is 1.23. The zero-order valence-electron chi connectivity index (χ0n) is 6.79. The normalized spacial score (nSPS) is 13.3. The van der Waals surface area contributed by atoms with Gasteiger partial charge in [-0.2, -0.15) is 0 Å². The molecule has 0 amide bonds. The second-order valence-corrected chi connectivity index (χ2v) is 2.63. The van der Waals surface area contributed by atoms with Gasteiger partial charge in [0.15, 0.2) is 0 Å². The summed E-state index contributed by atoms with van der Waals surface area (Å²) < 4.78 is 5.23. The van der Waals surface area contributed by atoms with Crippen molar-refractivity contribution >= 4 is 0 Å². The molecule has 11 heavy (non-hydrogen) atoms. The van der Waals surface area contributed by atoms with Crippen LogP contribution in [0.2, 0.25) is 0 Å². The smallest absolute Gasteiger partial charge is 0.106 e. The SMILES string of the molecule is CC[C@H](CCO)c1ccco1. The minimum absolute atomic E-state index is 0.235. The lowest BCUT2D eigenvalue weighted by molar-refractivity contribution is 0.265. The summed E-state index contributed by atoms with van der Waals surface area (Å²) in [6.45, 7) is 2.34. The predicted octanol–water partition coefficient (Wildman–Crippen LogP) is 2.16. The van der Waals surface area contributed by atoms with Crippen LogP contribution in [0.25, 0.3) is 0 Å². The largest absolute Gasteiger partial charge is 0.469 e. The van der Waals surface area contributed by atoms with E-state index in [2.05, 4.69) is 6.92 Å². The number of hydrogen-bond donors (Lipinski definition) is 1. The summed E-state index contributed by atoms with van der Waals surface area (Å²) in [5.74, 6) is 1.37. The highest BCUT2D eigenvalue weighted by Crippen LogP contribution is 2.22. The lowest BCUT2D eigenvalue weighted by atomic mass is 10.0. The van der Waals surface area contributed by atoms with Crippen molar-refractivity contribution in [3.05, 3.63) is 24.2 Å². The van der Waals surface area contributed by atoms with Gasteiger partial charge < -0.3 is 9.52 Å². The first-order valence-corrected chi connectivity index (χ1v) is 4.02. The standard InChI is InChI=1S/C9H14O2/c1-2-8(5-6-10)9-4-3-7-11-9/h3-4,7-8,10H,2,5-6H2,1H3/t8-/m1/s1. The van der Waals surface area contributed by atoms with Crippen LogP contribution in [0.4, 0.5) is 0 Å². The van der Waals surface area contributed by atoms with Gasteiger partial charge in [-0.3, -0.25) is 0 Å².